The molecule has 2 aliphatic rings. The summed E-state index contributed by atoms with van der Waals surface area (Å²) in [6, 6.07) is 15.2. The van der Waals surface area contributed by atoms with E-state index in [9.17, 15) is 19.6 Å². The summed E-state index contributed by atoms with van der Waals surface area (Å²) in [6.07, 6.45) is 6.59. The Morgan fingerprint density at radius 2 is 2.05 bits per heavy atom. The molecule has 0 unspecified atom stereocenters. The average molecular weight is 595 g/mol. The van der Waals surface area contributed by atoms with Crippen LogP contribution in [0, 0.1) is 22.6 Å². The van der Waals surface area contributed by atoms with Crippen molar-refractivity contribution in [2.75, 3.05) is 31.1 Å². The number of nitriles is 1. The van der Waals surface area contributed by atoms with Gasteiger partial charge in [-0.25, -0.2) is 14.4 Å². The lowest BCUT2D eigenvalue weighted by Gasteiger charge is -2.59. The Kier molecular flexibility index (Phi) is 7.98. The van der Waals surface area contributed by atoms with Gasteiger partial charge in [0.1, 0.15) is 23.7 Å². The molecule has 0 bridgehead atoms. The van der Waals surface area contributed by atoms with Crippen LogP contribution in [0.5, 0.6) is 17.4 Å². The molecule has 1 spiro atoms. The van der Waals surface area contributed by atoms with E-state index in [1.165, 1.54) is 18.3 Å². The number of halogens is 1. The second-order valence-corrected chi connectivity index (χ2v) is 11.2. The van der Waals surface area contributed by atoms with Crippen LogP contribution in [0.4, 0.5) is 10.1 Å². The molecule has 11 heteroatoms. The fourth-order valence-corrected chi connectivity index (χ4v) is 5.94. The van der Waals surface area contributed by atoms with E-state index >= 15 is 0 Å². The summed E-state index contributed by atoms with van der Waals surface area (Å²) in [5, 5.41) is 22.0. The molecule has 0 atom stereocenters. The van der Waals surface area contributed by atoms with Gasteiger partial charge in [-0.15, -0.1) is 0 Å². The van der Waals surface area contributed by atoms with Gasteiger partial charge in [-0.3, -0.25) is 9.78 Å². The first-order chi connectivity index (χ1) is 21.4. The van der Waals surface area contributed by atoms with Crippen molar-refractivity contribution in [1.29, 1.82) is 5.26 Å². The van der Waals surface area contributed by atoms with Gasteiger partial charge in [-0.1, -0.05) is 0 Å². The molecule has 1 aliphatic carbocycles. The zero-order chi connectivity index (χ0) is 30.7. The highest BCUT2D eigenvalue weighted by atomic mass is 19.1. The van der Waals surface area contributed by atoms with Crippen LogP contribution in [0.2, 0.25) is 0 Å². The van der Waals surface area contributed by atoms with Gasteiger partial charge >= 0.3 is 0 Å². The Bertz CT molecular complexity index is 1730. The van der Waals surface area contributed by atoms with Crippen molar-refractivity contribution in [2.45, 2.75) is 32.3 Å². The number of hydrogen-bond donors (Lipinski definition) is 2. The molecule has 1 saturated heterocycles. The number of anilines is 1. The highest BCUT2D eigenvalue weighted by Gasteiger charge is 2.54. The number of aromatic nitrogens is 3. The molecular formula is C33H31FN6O4. The van der Waals surface area contributed by atoms with E-state index in [1.54, 1.807) is 42.7 Å². The van der Waals surface area contributed by atoms with Crippen LogP contribution in [-0.2, 0) is 6.42 Å². The second kappa shape index (κ2) is 12.2. The second-order valence-electron chi connectivity index (χ2n) is 11.2. The molecule has 10 nitrogen and oxygen atoms in total. The Morgan fingerprint density at radius 3 is 2.82 bits per heavy atom. The molecule has 2 fully saturated rings. The van der Waals surface area contributed by atoms with Gasteiger partial charge in [0.15, 0.2) is 11.4 Å². The summed E-state index contributed by atoms with van der Waals surface area (Å²) in [5.74, 6) is 0.0622. The zero-order valence-corrected chi connectivity index (χ0v) is 24.2. The number of amides is 1. The van der Waals surface area contributed by atoms with Crippen molar-refractivity contribution >= 4 is 11.6 Å². The van der Waals surface area contributed by atoms with E-state index in [0.29, 0.717) is 48.0 Å². The van der Waals surface area contributed by atoms with Gasteiger partial charge in [0, 0.05) is 37.4 Å². The minimum Gasteiger partial charge on any atom is -0.506 e. The lowest BCUT2D eigenvalue weighted by Crippen LogP contribution is -2.65. The number of carbonyl (C=O) groups excluding carboxylic acids is 1. The van der Waals surface area contributed by atoms with Gasteiger partial charge in [0.25, 0.3) is 5.91 Å². The number of ether oxygens (including phenoxy) is 2. The van der Waals surface area contributed by atoms with Crippen molar-refractivity contribution in [3.05, 3.63) is 89.8 Å². The smallest absolute Gasteiger partial charge is 0.273 e. The summed E-state index contributed by atoms with van der Waals surface area (Å²) >= 11 is 0. The van der Waals surface area contributed by atoms with E-state index in [4.69, 9.17) is 14.5 Å². The third-order valence-electron chi connectivity index (χ3n) is 7.97. The predicted octanol–water partition coefficient (Wildman–Crippen LogP) is 4.67. The summed E-state index contributed by atoms with van der Waals surface area (Å²) in [6.45, 7) is 4.12. The molecule has 224 valence electrons. The SMILES string of the molecule is CCOc1ncccc1-c1ccc(OC2CC3(C2)CN(c2ccc(F)cc2C#N)C3)c(C(=O)NCCc2cncc(O)c2)n1. The molecule has 0 radical (unpaired) electrons. The maximum atomic E-state index is 13.6. The molecular weight excluding hydrogens is 563 g/mol. The van der Waals surface area contributed by atoms with Crippen LogP contribution in [0.25, 0.3) is 11.3 Å². The van der Waals surface area contributed by atoms with E-state index in [0.717, 1.165) is 37.2 Å². The normalized spacial score (nSPS) is 15.2. The minimum absolute atomic E-state index is 0.0545. The monoisotopic (exact) mass is 594 g/mol. The van der Waals surface area contributed by atoms with Crippen molar-refractivity contribution in [3.63, 3.8) is 0 Å². The van der Waals surface area contributed by atoms with Crippen LogP contribution >= 0.6 is 0 Å². The third-order valence-corrected chi connectivity index (χ3v) is 7.97. The first-order valence-electron chi connectivity index (χ1n) is 14.5. The first-order valence-corrected chi connectivity index (χ1v) is 14.5. The summed E-state index contributed by atoms with van der Waals surface area (Å²) in [5.41, 5.74) is 3.26. The fraction of sp³-hybridized carbons (Fsp3) is 0.303. The number of pyridine rings is 3. The number of rotatable bonds is 10. The topological polar surface area (TPSA) is 133 Å². The van der Waals surface area contributed by atoms with E-state index in [2.05, 4.69) is 26.3 Å². The Morgan fingerprint density at radius 1 is 1.20 bits per heavy atom. The predicted molar refractivity (Wildman–Crippen MR) is 160 cm³/mol. The van der Waals surface area contributed by atoms with Crippen LogP contribution in [0.1, 0.15) is 41.4 Å². The molecule has 1 aromatic carbocycles. The van der Waals surface area contributed by atoms with Crippen LogP contribution < -0.4 is 19.7 Å². The van der Waals surface area contributed by atoms with E-state index in [1.807, 2.05) is 13.0 Å². The van der Waals surface area contributed by atoms with Crippen molar-refractivity contribution in [3.8, 4) is 34.7 Å². The highest BCUT2D eigenvalue weighted by molar-refractivity contribution is 5.95. The molecule has 1 amide bonds. The average Bonchev–Trinajstić information content (AvgIpc) is 2.98. The molecule has 6 rings (SSSR count). The first kappa shape index (κ1) is 28.9. The van der Waals surface area contributed by atoms with Crippen LogP contribution in [0.15, 0.2) is 67.1 Å². The Balaban J connectivity index is 1.16. The largest absolute Gasteiger partial charge is 0.506 e. The molecule has 1 saturated carbocycles. The van der Waals surface area contributed by atoms with Crippen molar-refractivity contribution in [2.24, 2.45) is 5.41 Å². The maximum absolute atomic E-state index is 13.6. The zero-order valence-electron chi connectivity index (χ0n) is 24.2. The fourth-order valence-electron chi connectivity index (χ4n) is 5.94. The summed E-state index contributed by atoms with van der Waals surface area (Å²) < 4.78 is 25.6. The van der Waals surface area contributed by atoms with Crippen LogP contribution in [0.3, 0.4) is 0 Å². The minimum atomic E-state index is -0.425. The van der Waals surface area contributed by atoms with Gasteiger partial charge in [0.05, 0.1) is 35.3 Å². The van der Waals surface area contributed by atoms with Gasteiger partial charge in [-0.05, 0) is 80.3 Å². The number of carbonyl (C=O) groups is 1. The Hall–Kier alpha value is -5.24. The summed E-state index contributed by atoms with van der Waals surface area (Å²) in [7, 11) is 0. The number of nitrogens with one attached hydrogen (secondary N) is 1. The highest BCUT2D eigenvalue weighted by Crippen LogP contribution is 2.51. The standard InChI is InChI=1S/C33H31FN6O4/c1-2-43-32-26(4-3-10-38-32)27-6-8-29(30(39-27)31(42)37-11-9-21-12-24(41)18-36-17-21)44-25-14-33(15-25)19-40(20-33)28-7-5-23(34)13-22(28)16-35/h3-8,10,12-13,17-18,25,41H,2,9,11,14-15,19-20H2,1H3,(H,37,42). The number of hydrogen-bond acceptors (Lipinski definition) is 9. The molecule has 44 heavy (non-hydrogen) atoms. The van der Waals surface area contributed by atoms with Crippen molar-refractivity contribution in [1.82, 2.24) is 20.3 Å². The maximum Gasteiger partial charge on any atom is 0.273 e. The van der Waals surface area contributed by atoms with Gasteiger partial charge < -0.3 is 24.8 Å². The lowest BCUT2D eigenvalue weighted by atomic mass is 9.61. The lowest BCUT2D eigenvalue weighted by molar-refractivity contribution is -0.0344. The molecule has 4 heterocycles. The third kappa shape index (κ3) is 5.97. The summed E-state index contributed by atoms with van der Waals surface area (Å²) in [4.78, 5) is 28.6. The molecule has 1 aliphatic heterocycles. The molecule has 3 aromatic heterocycles. The van der Waals surface area contributed by atoms with Crippen molar-refractivity contribution < 1.29 is 23.8 Å². The van der Waals surface area contributed by atoms with Gasteiger partial charge in [-0.2, -0.15) is 5.26 Å². The molecule has 2 N–H and O–H groups in total. The molecule has 4 aromatic rings. The Labute approximate surface area is 254 Å². The quantitative estimate of drug-likeness (QED) is 0.269. The number of benzene rings is 1. The van der Waals surface area contributed by atoms with E-state index < -0.39 is 5.82 Å². The van der Waals surface area contributed by atoms with Crippen LogP contribution in [-0.4, -0.2) is 58.3 Å². The number of nitrogens with zero attached hydrogens (tertiary/aromatic N) is 5. The van der Waals surface area contributed by atoms with E-state index in [-0.39, 0.29) is 28.9 Å². The van der Waals surface area contributed by atoms with Gasteiger partial charge in [0.2, 0.25) is 5.88 Å². The number of aromatic hydroxyl groups is 1.